The number of halogens is 4. The van der Waals surface area contributed by atoms with Gasteiger partial charge < -0.3 is 11.1 Å². The zero-order valence-electron chi connectivity index (χ0n) is 20.1. The van der Waals surface area contributed by atoms with Crippen molar-refractivity contribution < 1.29 is 27.2 Å². The third kappa shape index (κ3) is 5.17. The maximum absolute atomic E-state index is 14.4. The smallest absolute Gasteiger partial charge is 0.364 e. The lowest BCUT2D eigenvalue weighted by Crippen LogP contribution is -2.21. The van der Waals surface area contributed by atoms with Gasteiger partial charge in [-0.05, 0) is 41.8 Å². The number of hydrogen-bond acceptors (Lipinski definition) is 5. The molecule has 4 rings (SSSR count). The van der Waals surface area contributed by atoms with E-state index in [1.54, 1.807) is 13.8 Å². The Morgan fingerprint density at radius 1 is 1.13 bits per heavy atom. The fourth-order valence-electron chi connectivity index (χ4n) is 3.96. The zero-order chi connectivity index (χ0) is 27.8. The lowest BCUT2D eigenvalue weighted by molar-refractivity contribution is -0.143. The highest BCUT2D eigenvalue weighted by molar-refractivity contribution is 6.14. The third-order valence-electron chi connectivity index (χ3n) is 5.72. The average molecular weight is 524 g/mol. The van der Waals surface area contributed by atoms with Crippen molar-refractivity contribution in [2.45, 2.75) is 32.5 Å². The van der Waals surface area contributed by atoms with E-state index in [1.165, 1.54) is 30.3 Å². The second-order valence-electron chi connectivity index (χ2n) is 8.76. The molecular formula is C26H20F4N6O2. The second-order valence-corrected chi connectivity index (χ2v) is 8.76. The number of alkyl halides is 3. The number of nitrogens with one attached hydrogen (secondary N) is 1. The molecule has 0 bridgehead atoms. The van der Waals surface area contributed by atoms with Crippen molar-refractivity contribution in [3.8, 4) is 6.07 Å². The Kier molecular flexibility index (Phi) is 6.87. The quantitative estimate of drug-likeness (QED) is 0.344. The number of nitriles is 1. The van der Waals surface area contributed by atoms with Crippen LogP contribution in [0.15, 0.2) is 48.5 Å². The Balaban J connectivity index is 1.84. The summed E-state index contributed by atoms with van der Waals surface area (Å²) in [4.78, 5) is 29.1. The Labute approximate surface area is 213 Å². The van der Waals surface area contributed by atoms with Gasteiger partial charge in [0.05, 0.1) is 40.6 Å². The van der Waals surface area contributed by atoms with E-state index in [-0.39, 0.29) is 34.4 Å². The molecule has 0 atom stereocenters. The lowest BCUT2D eigenvalue weighted by atomic mass is 10.0. The number of nitrogens with zero attached hydrogens (tertiary/aromatic N) is 4. The number of pyridine rings is 1. The predicted molar refractivity (Wildman–Crippen MR) is 130 cm³/mol. The Hall–Kier alpha value is -4.79. The fraction of sp³-hybridized carbons (Fsp3) is 0.192. The van der Waals surface area contributed by atoms with Crippen molar-refractivity contribution in [1.82, 2.24) is 14.8 Å². The normalized spacial score (nSPS) is 11.5. The van der Waals surface area contributed by atoms with Gasteiger partial charge >= 0.3 is 6.18 Å². The summed E-state index contributed by atoms with van der Waals surface area (Å²) in [5, 5.41) is 15.6. The van der Waals surface area contributed by atoms with Gasteiger partial charge in [-0.15, -0.1) is 0 Å². The van der Waals surface area contributed by atoms with Crippen LogP contribution >= 0.6 is 0 Å². The summed E-state index contributed by atoms with van der Waals surface area (Å²) in [5.74, 6) is -3.20. The average Bonchev–Trinajstić information content (AvgIpc) is 3.21. The standard InChI is InChI=1S/C26H20F4N6O2/c1-13(2)21-22(23(26(28,29)30)36(35-21)12-15-5-3-14(11-31)4-6-15)34-25(38)18-10-20(24(32)37)33-19-9-16(27)7-8-17(18)19/h3-10,13H,12H2,1-2H3,(H2,32,37)(H,34,38). The highest BCUT2D eigenvalue weighted by Crippen LogP contribution is 2.40. The van der Waals surface area contributed by atoms with Gasteiger partial charge in [0.25, 0.3) is 11.8 Å². The van der Waals surface area contributed by atoms with Crippen LogP contribution in [0.25, 0.3) is 10.9 Å². The van der Waals surface area contributed by atoms with Gasteiger partial charge in [0.15, 0.2) is 5.69 Å². The SMILES string of the molecule is CC(C)c1nn(Cc2ccc(C#N)cc2)c(C(F)(F)F)c1NC(=O)c1cc(C(N)=O)nc2cc(F)ccc12. The monoisotopic (exact) mass is 524 g/mol. The van der Waals surface area contributed by atoms with Crippen molar-refractivity contribution in [3.05, 3.63) is 88.1 Å². The van der Waals surface area contributed by atoms with Gasteiger partial charge in [-0.2, -0.15) is 23.5 Å². The topological polar surface area (TPSA) is 127 Å². The number of aromatic nitrogens is 3. The van der Waals surface area contributed by atoms with Crippen LogP contribution in [0.3, 0.4) is 0 Å². The number of fused-ring (bicyclic) bond motifs is 1. The molecule has 3 N–H and O–H groups in total. The summed E-state index contributed by atoms with van der Waals surface area (Å²) < 4.78 is 57.6. The molecule has 2 aromatic heterocycles. The summed E-state index contributed by atoms with van der Waals surface area (Å²) in [6.45, 7) is 2.97. The number of amides is 2. The van der Waals surface area contributed by atoms with Crippen LogP contribution in [0.2, 0.25) is 0 Å². The minimum Gasteiger partial charge on any atom is -0.364 e. The van der Waals surface area contributed by atoms with E-state index in [9.17, 15) is 27.2 Å². The summed E-state index contributed by atoms with van der Waals surface area (Å²) in [5.41, 5.74) is 3.72. The fourth-order valence-corrected chi connectivity index (χ4v) is 3.96. The summed E-state index contributed by atoms with van der Waals surface area (Å²) in [6.07, 6.45) is -4.91. The Morgan fingerprint density at radius 2 is 1.82 bits per heavy atom. The molecular weight excluding hydrogens is 504 g/mol. The predicted octanol–water partition coefficient (Wildman–Crippen LogP) is 4.98. The molecule has 0 aliphatic carbocycles. The second kappa shape index (κ2) is 9.93. The molecule has 2 heterocycles. The molecule has 0 saturated carbocycles. The van der Waals surface area contributed by atoms with E-state index in [2.05, 4.69) is 15.4 Å². The molecule has 4 aromatic rings. The molecule has 194 valence electrons. The van der Waals surface area contributed by atoms with E-state index in [1.807, 2.05) is 6.07 Å². The largest absolute Gasteiger partial charge is 0.435 e. The number of nitrogens with two attached hydrogens (primary N) is 1. The number of anilines is 1. The number of carbonyl (C=O) groups is 2. The van der Waals surface area contributed by atoms with Crippen LogP contribution in [-0.2, 0) is 12.7 Å². The molecule has 12 heteroatoms. The Bertz CT molecular complexity index is 1600. The number of carbonyl (C=O) groups excluding carboxylic acids is 2. The highest BCUT2D eigenvalue weighted by atomic mass is 19.4. The van der Waals surface area contributed by atoms with E-state index in [4.69, 9.17) is 11.0 Å². The minimum absolute atomic E-state index is 0.0150. The molecule has 2 amide bonds. The van der Waals surface area contributed by atoms with Gasteiger partial charge in [0.1, 0.15) is 11.5 Å². The third-order valence-corrected chi connectivity index (χ3v) is 5.72. The molecule has 0 aliphatic heterocycles. The van der Waals surface area contributed by atoms with Crippen LogP contribution < -0.4 is 11.1 Å². The van der Waals surface area contributed by atoms with Gasteiger partial charge in [0, 0.05) is 11.5 Å². The highest BCUT2D eigenvalue weighted by Gasteiger charge is 2.41. The van der Waals surface area contributed by atoms with Crippen LogP contribution in [0.1, 0.15) is 63.1 Å². The first-order valence-electron chi connectivity index (χ1n) is 11.3. The molecule has 0 unspecified atom stereocenters. The summed E-state index contributed by atoms with van der Waals surface area (Å²) in [6, 6.07) is 12.2. The molecule has 38 heavy (non-hydrogen) atoms. The zero-order valence-corrected chi connectivity index (χ0v) is 20.1. The van der Waals surface area contributed by atoms with Crippen LogP contribution in [0, 0.1) is 17.1 Å². The summed E-state index contributed by atoms with van der Waals surface area (Å²) >= 11 is 0. The molecule has 0 spiro atoms. The van der Waals surface area contributed by atoms with E-state index in [0.717, 1.165) is 22.9 Å². The molecule has 0 aliphatic rings. The van der Waals surface area contributed by atoms with Crippen molar-refractivity contribution in [2.24, 2.45) is 5.73 Å². The van der Waals surface area contributed by atoms with Gasteiger partial charge in [-0.3, -0.25) is 14.3 Å². The molecule has 8 nitrogen and oxygen atoms in total. The maximum atomic E-state index is 14.4. The van der Waals surface area contributed by atoms with Crippen LogP contribution in [-0.4, -0.2) is 26.6 Å². The van der Waals surface area contributed by atoms with Crippen LogP contribution in [0.4, 0.5) is 23.2 Å². The molecule has 2 aromatic carbocycles. The first kappa shape index (κ1) is 26.3. The number of benzene rings is 2. The van der Waals surface area contributed by atoms with E-state index < -0.39 is 41.1 Å². The number of hydrogen-bond donors (Lipinski definition) is 2. The van der Waals surface area contributed by atoms with Gasteiger partial charge in [0.2, 0.25) is 0 Å². The number of rotatable bonds is 6. The van der Waals surface area contributed by atoms with Crippen molar-refractivity contribution in [1.29, 1.82) is 5.26 Å². The van der Waals surface area contributed by atoms with Gasteiger partial charge in [-0.1, -0.05) is 26.0 Å². The molecule has 0 radical (unpaired) electrons. The van der Waals surface area contributed by atoms with Crippen molar-refractivity contribution >= 4 is 28.4 Å². The summed E-state index contributed by atoms with van der Waals surface area (Å²) in [7, 11) is 0. The first-order valence-corrected chi connectivity index (χ1v) is 11.3. The van der Waals surface area contributed by atoms with Crippen LogP contribution in [0.5, 0.6) is 0 Å². The molecule has 0 saturated heterocycles. The molecule has 0 fully saturated rings. The number of primary amides is 1. The van der Waals surface area contributed by atoms with E-state index >= 15 is 0 Å². The minimum atomic E-state index is -4.91. The van der Waals surface area contributed by atoms with Crippen molar-refractivity contribution in [3.63, 3.8) is 0 Å². The Morgan fingerprint density at radius 3 is 2.39 bits per heavy atom. The lowest BCUT2D eigenvalue weighted by Gasteiger charge is -2.15. The van der Waals surface area contributed by atoms with Crippen molar-refractivity contribution in [2.75, 3.05) is 5.32 Å². The maximum Gasteiger partial charge on any atom is 0.435 e. The first-order chi connectivity index (χ1) is 17.9. The van der Waals surface area contributed by atoms with Gasteiger partial charge in [-0.25, -0.2) is 9.37 Å². The van der Waals surface area contributed by atoms with E-state index in [0.29, 0.717) is 11.1 Å².